The molecule has 0 spiro atoms. The first-order valence-corrected chi connectivity index (χ1v) is 44.0. The molecule has 29 aromatic rings. The van der Waals surface area contributed by atoms with Crippen molar-refractivity contribution >= 4 is 197 Å². The van der Waals surface area contributed by atoms with Crippen LogP contribution in [-0.2, 0) is 0 Å². The van der Waals surface area contributed by atoms with Gasteiger partial charge in [-0.25, -0.2) is 0 Å². The summed E-state index contributed by atoms with van der Waals surface area (Å²) in [5, 5.41) is 21.7. The number of furan rings is 3. The third kappa shape index (κ3) is 11.0. The lowest BCUT2D eigenvalue weighted by atomic mass is 10.1. The van der Waals surface area contributed by atoms with Gasteiger partial charge < -0.3 is 40.7 Å². The molecule has 20 aromatic carbocycles. The molecule has 602 valence electrons. The monoisotopic (exact) mass is 1650 g/mol. The molecule has 9 aromatic heterocycles. The molecule has 9 heterocycles. The van der Waals surface area contributed by atoms with Crippen LogP contribution >= 0.6 is 0 Å². The summed E-state index contributed by atoms with van der Waals surface area (Å²) in [4.78, 5) is 0. The van der Waals surface area contributed by atoms with E-state index in [0.717, 1.165) is 99.9 Å². The minimum absolute atomic E-state index is 0.892. The van der Waals surface area contributed by atoms with Crippen LogP contribution in [0.15, 0.2) is 462 Å². The van der Waals surface area contributed by atoms with E-state index >= 15 is 0 Å². The Morgan fingerprint density at radius 2 is 0.318 bits per heavy atom. The molecule has 0 N–H and O–H groups in total. The van der Waals surface area contributed by atoms with Crippen LogP contribution in [0, 0.1) is 0 Å². The molecule has 9 nitrogen and oxygen atoms in total. The highest BCUT2D eigenvalue weighted by molar-refractivity contribution is 6.28. The van der Waals surface area contributed by atoms with Gasteiger partial charge in [0.05, 0.1) is 83.3 Å². The summed E-state index contributed by atoms with van der Waals surface area (Å²) in [5.41, 5.74) is 31.2. The molecule has 9 heteroatoms. The quantitative estimate of drug-likeness (QED) is 0.152. The first-order valence-electron chi connectivity index (χ1n) is 44.0. The fourth-order valence-corrected chi connectivity index (χ4v) is 21.1. The van der Waals surface area contributed by atoms with Crippen LogP contribution in [0.1, 0.15) is 0 Å². The summed E-state index contributed by atoms with van der Waals surface area (Å²) in [6.45, 7) is 0. The van der Waals surface area contributed by atoms with E-state index in [1.165, 1.54) is 153 Å². The van der Waals surface area contributed by atoms with Crippen LogP contribution < -0.4 is 0 Å². The topological polar surface area (TPSA) is 69.0 Å². The van der Waals surface area contributed by atoms with Gasteiger partial charge in [-0.3, -0.25) is 0 Å². The van der Waals surface area contributed by atoms with Crippen LogP contribution in [0.25, 0.3) is 253 Å². The summed E-state index contributed by atoms with van der Waals surface area (Å²) < 4.78 is 33.7. The van der Waals surface area contributed by atoms with Crippen LogP contribution in [-0.4, -0.2) is 27.4 Å². The fourth-order valence-electron chi connectivity index (χ4n) is 21.1. The maximum Gasteiger partial charge on any atom is 0.137 e. The Balaban J connectivity index is 0.000000100. The van der Waals surface area contributed by atoms with Gasteiger partial charge >= 0.3 is 0 Å². The molecule has 0 aliphatic rings. The predicted molar refractivity (Wildman–Crippen MR) is 538 cm³/mol. The molecule has 0 amide bonds. The number of benzene rings is 20. The van der Waals surface area contributed by atoms with Gasteiger partial charge in [-0.15, -0.1) is 0 Å². The van der Waals surface area contributed by atoms with Gasteiger partial charge in [0.1, 0.15) is 33.5 Å². The maximum absolute atomic E-state index is 6.38. The molecule has 0 fully saturated rings. The summed E-state index contributed by atoms with van der Waals surface area (Å²) in [6, 6.07) is 161. The Labute approximate surface area is 737 Å². The second kappa shape index (κ2) is 28.6. The van der Waals surface area contributed by atoms with Crippen molar-refractivity contribution in [2.45, 2.75) is 0 Å². The Bertz CT molecular complexity index is 9640. The van der Waals surface area contributed by atoms with Gasteiger partial charge in [-0.2, -0.15) is 0 Å². The molecular weight excluding hydrogens is 1570 g/mol. The molecule has 0 saturated heterocycles. The smallest absolute Gasteiger partial charge is 0.137 e. The molecule has 0 aliphatic carbocycles. The van der Waals surface area contributed by atoms with Crippen LogP contribution in [0.5, 0.6) is 0 Å². The van der Waals surface area contributed by atoms with Gasteiger partial charge in [0, 0.05) is 132 Å². The van der Waals surface area contributed by atoms with Crippen molar-refractivity contribution in [3.63, 3.8) is 0 Å². The zero-order valence-electron chi connectivity index (χ0n) is 69.6. The van der Waals surface area contributed by atoms with Crippen molar-refractivity contribution in [2.75, 3.05) is 0 Å². The van der Waals surface area contributed by atoms with E-state index in [2.05, 4.69) is 440 Å². The SMILES string of the molecule is c1ccc(-c2ccc(-n3c4ccccc4c4ccc5c6ccccc6n(-c6ccc7c(c6)oc6ccccc67)c5c43)cc2)cc1.c1ccc(-c2cccc(-n3c4ccccc4c4ccc5c6ccccc6n(-c6ccc7c(c6)oc6ccccc67)c5c43)c2)cc1.c1ccc(-n2c3ccccc3c3ccc4c5ccccc5n(-c5ccc6c(c5)oc5ccccc56)c4c32)cc1. The van der Waals surface area contributed by atoms with Gasteiger partial charge in [0.15, 0.2) is 0 Å². The molecule has 129 heavy (non-hydrogen) atoms. The molecule has 0 saturated carbocycles. The number of para-hydroxylation sites is 10. The standard InChI is InChI=1S/2C42H26N2O.C36H22N2O/c1-2-11-27(12-3-1)28-13-10-14-29(25-28)43-37-18-7-4-15-31(37)35-23-24-36-32-16-5-8-19-38(32)44(42(36)41(35)43)30-21-22-34-33-17-6-9-20-39(33)45-40(34)26-30;1-2-10-27(11-3-1)28-18-20-29(21-19-28)43-37-15-7-4-12-31(37)35-24-25-36-32-13-5-8-16-38(32)44(42(36)41(35)43)30-22-23-34-33-14-6-9-17-39(33)45-40(34)26-30;1-2-10-23(11-3-1)37-31-15-7-4-12-25(31)29-20-21-30-26-13-5-8-16-32(26)38(36(30)35(29)37)24-18-19-28-27-14-6-9-17-33(27)39-34(28)22-24/h2*1-26H;1-22H. The number of rotatable bonds is 8. The van der Waals surface area contributed by atoms with Crippen LogP contribution in [0.4, 0.5) is 0 Å². The van der Waals surface area contributed by atoms with Gasteiger partial charge in [-0.05, 0) is 150 Å². The van der Waals surface area contributed by atoms with Crippen LogP contribution in [0.2, 0.25) is 0 Å². The third-order valence-corrected chi connectivity index (χ3v) is 26.7. The molecular formula is C120H74N6O3. The molecule has 0 aliphatic heterocycles. The number of aromatic nitrogens is 6. The van der Waals surface area contributed by atoms with Crippen molar-refractivity contribution in [3.8, 4) is 56.4 Å². The molecule has 0 radical (unpaired) electrons. The number of nitrogens with zero attached hydrogens (tertiary/aromatic N) is 6. The minimum Gasteiger partial charge on any atom is -0.456 e. The maximum atomic E-state index is 6.38. The fraction of sp³-hybridized carbons (Fsp3) is 0. The summed E-state index contributed by atoms with van der Waals surface area (Å²) in [6.07, 6.45) is 0. The lowest BCUT2D eigenvalue weighted by Gasteiger charge is -2.13. The summed E-state index contributed by atoms with van der Waals surface area (Å²) >= 11 is 0. The Kier molecular flexibility index (Phi) is 16.0. The van der Waals surface area contributed by atoms with Gasteiger partial charge in [0.25, 0.3) is 0 Å². The predicted octanol–water partition coefficient (Wildman–Crippen LogP) is 32.7. The molecule has 0 atom stereocenters. The van der Waals surface area contributed by atoms with Crippen LogP contribution in [0.3, 0.4) is 0 Å². The normalized spacial score (nSPS) is 12.0. The lowest BCUT2D eigenvalue weighted by Crippen LogP contribution is -1.99. The summed E-state index contributed by atoms with van der Waals surface area (Å²) in [7, 11) is 0. The average Bonchev–Trinajstić information content (AvgIpc) is 1.55. The van der Waals surface area contributed by atoms with Crippen molar-refractivity contribution in [3.05, 3.63) is 449 Å². The highest BCUT2D eigenvalue weighted by Gasteiger charge is 2.27. The van der Waals surface area contributed by atoms with Crippen molar-refractivity contribution < 1.29 is 13.3 Å². The second-order valence-corrected chi connectivity index (χ2v) is 33.7. The van der Waals surface area contributed by atoms with E-state index < -0.39 is 0 Å². The van der Waals surface area contributed by atoms with E-state index in [1.807, 2.05) is 36.4 Å². The number of hydrogen-bond donors (Lipinski definition) is 0. The first kappa shape index (κ1) is 72.1. The van der Waals surface area contributed by atoms with E-state index in [4.69, 9.17) is 13.3 Å². The van der Waals surface area contributed by atoms with Gasteiger partial charge in [0.2, 0.25) is 0 Å². The van der Waals surface area contributed by atoms with E-state index in [9.17, 15) is 0 Å². The van der Waals surface area contributed by atoms with E-state index in [0.29, 0.717) is 0 Å². The highest BCUT2D eigenvalue weighted by atomic mass is 16.3. The molecule has 29 rings (SSSR count). The lowest BCUT2D eigenvalue weighted by molar-refractivity contribution is 0.668. The average molecular weight is 1650 g/mol. The molecule has 0 unspecified atom stereocenters. The Morgan fingerprint density at radius 3 is 0.636 bits per heavy atom. The van der Waals surface area contributed by atoms with Crippen molar-refractivity contribution in [1.29, 1.82) is 0 Å². The van der Waals surface area contributed by atoms with E-state index in [-0.39, 0.29) is 0 Å². The zero-order chi connectivity index (χ0) is 84.5. The third-order valence-electron chi connectivity index (χ3n) is 26.7. The Hall–Kier alpha value is -17.4. The zero-order valence-corrected chi connectivity index (χ0v) is 69.6. The van der Waals surface area contributed by atoms with Crippen molar-refractivity contribution in [1.82, 2.24) is 27.4 Å². The van der Waals surface area contributed by atoms with Crippen molar-refractivity contribution in [2.24, 2.45) is 0 Å². The highest BCUT2D eigenvalue weighted by Crippen LogP contribution is 2.48. The van der Waals surface area contributed by atoms with E-state index in [1.54, 1.807) is 0 Å². The number of fused-ring (bicyclic) bond motifs is 30. The second-order valence-electron chi connectivity index (χ2n) is 33.7. The molecule has 0 bridgehead atoms. The first-order chi connectivity index (χ1) is 64.0. The Morgan fingerprint density at radius 1 is 0.116 bits per heavy atom. The van der Waals surface area contributed by atoms with Gasteiger partial charge in [-0.1, -0.05) is 303 Å². The largest absolute Gasteiger partial charge is 0.456 e. The number of hydrogen-bond acceptors (Lipinski definition) is 3. The summed E-state index contributed by atoms with van der Waals surface area (Å²) in [5.74, 6) is 0. The minimum atomic E-state index is 0.892.